The molecule has 0 bridgehead atoms. The van der Waals surface area contributed by atoms with Crippen LogP contribution in [0.15, 0.2) is 48.7 Å². The van der Waals surface area contributed by atoms with Gasteiger partial charge in [-0.05, 0) is 17.7 Å². The molecule has 0 amide bonds. The third kappa shape index (κ3) is 3.06. The number of hydrogen-bond acceptors (Lipinski definition) is 5. The molecular formula is C16H15N3O3. The fourth-order valence-electron chi connectivity index (χ4n) is 2.05. The SMILES string of the molecule is CC(=O)OCc1nnc2c(OCc3ccccc3)cccn12. The van der Waals surface area contributed by atoms with Crippen molar-refractivity contribution < 1.29 is 14.3 Å². The van der Waals surface area contributed by atoms with Gasteiger partial charge in [0.25, 0.3) is 0 Å². The summed E-state index contributed by atoms with van der Waals surface area (Å²) in [6.45, 7) is 1.89. The van der Waals surface area contributed by atoms with Crippen molar-refractivity contribution in [2.45, 2.75) is 20.1 Å². The first-order chi connectivity index (χ1) is 10.7. The van der Waals surface area contributed by atoms with Gasteiger partial charge in [0.1, 0.15) is 6.61 Å². The van der Waals surface area contributed by atoms with E-state index >= 15 is 0 Å². The maximum Gasteiger partial charge on any atom is 0.303 e. The molecule has 3 rings (SSSR count). The van der Waals surface area contributed by atoms with E-state index in [1.54, 1.807) is 4.40 Å². The van der Waals surface area contributed by atoms with Crippen LogP contribution in [-0.4, -0.2) is 20.6 Å². The Labute approximate surface area is 127 Å². The minimum atomic E-state index is -0.353. The van der Waals surface area contributed by atoms with Crippen molar-refractivity contribution in [1.82, 2.24) is 14.6 Å². The number of carbonyl (C=O) groups excluding carboxylic acids is 1. The highest BCUT2D eigenvalue weighted by Crippen LogP contribution is 2.20. The second-order valence-electron chi connectivity index (χ2n) is 4.74. The molecule has 0 aliphatic carbocycles. The summed E-state index contributed by atoms with van der Waals surface area (Å²) >= 11 is 0. The van der Waals surface area contributed by atoms with Crippen LogP contribution >= 0.6 is 0 Å². The Kier molecular flexibility index (Phi) is 4.00. The van der Waals surface area contributed by atoms with Crippen molar-refractivity contribution in [2.24, 2.45) is 0 Å². The molecule has 2 heterocycles. The minimum Gasteiger partial charge on any atom is -0.485 e. The second kappa shape index (κ2) is 6.26. The van der Waals surface area contributed by atoms with Gasteiger partial charge in [-0.1, -0.05) is 30.3 Å². The largest absolute Gasteiger partial charge is 0.485 e. The van der Waals surface area contributed by atoms with Gasteiger partial charge in [0.15, 0.2) is 18.2 Å². The van der Waals surface area contributed by atoms with Gasteiger partial charge in [-0.25, -0.2) is 0 Å². The molecule has 1 aromatic carbocycles. The quantitative estimate of drug-likeness (QED) is 0.676. The van der Waals surface area contributed by atoms with Crippen LogP contribution in [-0.2, 0) is 22.7 Å². The highest BCUT2D eigenvalue weighted by Gasteiger charge is 2.11. The molecule has 0 aliphatic heterocycles. The first-order valence-corrected chi connectivity index (χ1v) is 6.87. The summed E-state index contributed by atoms with van der Waals surface area (Å²) in [5.74, 6) is 0.830. The van der Waals surface area contributed by atoms with Crippen LogP contribution < -0.4 is 4.74 Å². The Bertz CT molecular complexity index is 784. The number of pyridine rings is 1. The molecule has 6 heteroatoms. The Morgan fingerprint density at radius 2 is 1.91 bits per heavy atom. The van der Waals surface area contributed by atoms with Gasteiger partial charge < -0.3 is 9.47 Å². The molecule has 0 saturated heterocycles. The maximum atomic E-state index is 10.9. The Morgan fingerprint density at radius 3 is 2.68 bits per heavy atom. The number of esters is 1. The molecule has 3 aromatic rings. The summed E-state index contributed by atoms with van der Waals surface area (Å²) in [4.78, 5) is 10.9. The number of aromatic nitrogens is 3. The van der Waals surface area contributed by atoms with Gasteiger partial charge >= 0.3 is 5.97 Å². The number of rotatable bonds is 5. The molecule has 0 fully saturated rings. The molecule has 2 aromatic heterocycles. The molecule has 112 valence electrons. The van der Waals surface area contributed by atoms with Crippen LogP contribution in [0.2, 0.25) is 0 Å². The Morgan fingerprint density at radius 1 is 1.09 bits per heavy atom. The van der Waals surface area contributed by atoms with Crippen molar-refractivity contribution in [3.8, 4) is 5.75 Å². The lowest BCUT2D eigenvalue weighted by Gasteiger charge is -2.07. The lowest BCUT2D eigenvalue weighted by molar-refractivity contribution is -0.142. The average molecular weight is 297 g/mol. The zero-order chi connectivity index (χ0) is 15.4. The Balaban J connectivity index is 1.80. The highest BCUT2D eigenvalue weighted by molar-refractivity contribution is 5.65. The lowest BCUT2D eigenvalue weighted by atomic mass is 10.2. The van der Waals surface area contributed by atoms with Crippen LogP contribution in [0.1, 0.15) is 18.3 Å². The number of nitrogens with zero attached hydrogens (tertiary/aromatic N) is 3. The average Bonchev–Trinajstić information content (AvgIpc) is 2.95. The molecule has 0 spiro atoms. The molecule has 22 heavy (non-hydrogen) atoms. The Hall–Kier alpha value is -2.89. The van der Waals surface area contributed by atoms with E-state index in [9.17, 15) is 4.79 Å². The normalized spacial score (nSPS) is 10.6. The van der Waals surface area contributed by atoms with E-state index in [1.165, 1.54) is 6.92 Å². The van der Waals surface area contributed by atoms with Gasteiger partial charge in [0, 0.05) is 13.1 Å². The van der Waals surface area contributed by atoms with Crippen LogP contribution in [0.5, 0.6) is 5.75 Å². The van der Waals surface area contributed by atoms with E-state index in [-0.39, 0.29) is 12.6 Å². The zero-order valence-corrected chi connectivity index (χ0v) is 12.1. The van der Waals surface area contributed by atoms with E-state index in [4.69, 9.17) is 9.47 Å². The predicted molar refractivity (Wildman–Crippen MR) is 79.2 cm³/mol. The number of carbonyl (C=O) groups is 1. The molecular weight excluding hydrogens is 282 g/mol. The van der Waals surface area contributed by atoms with Crippen molar-refractivity contribution in [1.29, 1.82) is 0 Å². The van der Waals surface area contributed by atoms with Crippen LogP contribution in [0.4, 0.5) is 0 Å². The van der Waals surface area contributed by atoms with E-state index in [1.807, 2.05) is 48.7 Å². The molecule has 0 radical (unpaired) electrons. The third-order valence-corrected chi connectivity index (χ3v) is 3.11. The number of hydrogen-bond donors (Lipinski definition) is 0. The third-order valence-electron chi connectivity index (χ3n) is 3.11. The fraction of sp³-hybridized carbons (Fsp3) is 0.188. The van der Waals surface area contributed by atoms with Crippen molar-refractivity contribution >= 4 is 11.6 Å². The van der Waals surface area contributed by atoms with Crippen LogP contribution in [0, 0.1) is 0 Å². The van der Waals surface area contributed by atoms with Crippen molar-refractivity contribution in [2.75, 3.05) is 0 Å². The standard InChI is InChI=1S/C16H15N3O3/c1-12(20)21-11-15-17-18-16-14(8-5-9-19(15)16)22-10-13-6-3-2-4-7-13/h2-9H,10-11H2,1H3. The van der Waals surface area contributed by atoms with Gasteiger partial charge in [-0.3, -0.25) is 9.20 Å². The first-order valence-electron chi connectivity index (χ1n) is 6.87. The summed E-state index contributed by atoms with van der Waals surface area (Å²) in [6.07, 6.45) is 1.81. The summed E-state index contributed by atoms with van der Waals surface area (Å²) in [5, 5.41) is 8.14. The molecule has 0 aliphatic rings. The predicted octanol–water partition coefficient (Wildman–Crippen LogP) is 2.37. The zero-order valence-electron chi connectivity index (χ0n) is 12.1. The molecule has 0 saturated carbocycles. The fourth-order valence-corrected chi connectivity index (χ4v) is 2.05. The van der Waals surface area contributed by atoms with Crippen molar-refractivity contribution in [3.63, 3.8) is 0 Å². The minimum absolute atomic E-state index is 0.0820. The maximum absolute atomic E-state index is 10.9. The van der Waals surface area contributed by atoms with E-state index in [0.717, 1.165) is 5.56 Å². The summed E-state index contributed by atoms with van der Waals surface area (Å²) < 4.78 is 12.5. The molecule has 0 N–H and O–H groups in total. The van der Waals surface area contributed by atoms with E-state index in [0.29, 0.717) is 23.8 Å². The van der Waals surface area contributed by atoms with Crippen LogP contribution in [0.25, 0.3) is 5.65 Å². The van der Waals surface area contributed by atoms with Crippen LogP contribution in [0.3, 0.4) is 0 Å². The summed E-state index contributed by atoms with van der Waals surface area (Å²) in [5.41, 5.74) is 1.67. The highest BCUT2D eigenvalue weighted by atomic mass is 16.5. The van der Waals surface area contributed by atoms with Gasteiger partial charge in [0.05, 0.1) is 0 Å². The molecule has 0 unspecified atom stereocenters. The number of benzene rings is 1. The number of ether oxygens (including phenoxy) is 2. The van der Waals surface area contributed by atoms with E-state index < -0.39 is 0 Å². The topological polar surface area (TPSA) is 65.7 Å². The van der Waals surface area contributed by atoms with Crippen molar-refractivity contribution in [3.05, 3.63) is 60.0 Å². The second-order valence-corrected chi connectivity index (χ2v) is 4.74. The van der Waals surface area contributed by atoms with Gasteiger partial charge in [-0.15, -0.1) is 10.2 Å². The van der Waals surface area contributed by atoms with Gasteiger partial charge in [-0.2, -0.15) is 0 Å². The van der Waals surface area contributed by atoms with E-state index in [2.05, 4.69) is 10.2 Å². The number of fused-ring (bicyclic) bond motifs is 1. The molecule has 0 atom stereocenters. The molecule has 6 nitrogen and oxygen atoms in total. The van der Waals surface area contributed by atoms with Gasteiger partial charge in [0.2, 0.25) is 5.65 Å². The lowest BCUT2D eigenvalue weighted by Crippen LogP contribution is -2.03. The smallest absolute Gasteiger partial charge is 0.303 e. The monoisotopic (exact) mass is 297 g/mol. The summed E-state index contributed by atoms with van der Waals surface area (Å²) in [7, 11) is 0. The summed E-state index contributed by atoms with van der Waals surface area (Å²) in [6, 6.07) is 13.6. The first kappa shape index (κ1) is 14.1.